The zero-order valence-corrected chi connectivity index (χ0v) is 15.0. The third-order valence-corrected chi connectivity index (χ3v) is 3.90. The molecule has 1 aromatic heterocycles. The van der Waals surface area contributed by atoms with Crippen LogP contribution in [0.1, 0.15) is 59.4 Å². The van der Waals surface area contributed by atoms with Gasteiger partial charge < -0.3 is 10.4 Å². The average Bonchev–Trinajstić information content (AvgIpc) is 2.31. The molecule has 0 saturated heterocycles. The van der Waals surface area contributed by atoms with Gasteiger partial charge in [-0.2, -0.15) is 0 Å². The van der Waals surface area contributed by atoms with E-state index in [1.54, 1.807) is 0 Å². The number of halogens is 1. The predicted octanol–water partition coefficient (Wildman–Crippen LogP) is 3.94. The monoisotopic (exact) mass is 313 g/mol. The first-order chi connectivity index (χ1) is 9.46. The van der Waals surface area contributed by atoms with Gasteiger partial charge in [-0.15, -0.1) is 0 Å². The van der Waals surface area contributed by atoms with Crippen molar-refractivity contribution in [2.45, 2.75) is 66.3 Å². The van der Waals surface area contributed by atoms with E-state index in [4.69, 9.17) is 11.6 Å². The number of rotatable bonds is 4. The van der Waals surface area contributed by atoms with Crippen LogP contribution in [-0.2, 0) is 5.41 Å². The second-order valence-corrected chi connectivity index (χ2v) is 7.99. The number of hydrogen-bond donors (Lipinski definition) is 2. The van der Waals surface area contributed by atoms with Crippen LogP contribution in [0.5, 0.6) is 0 Å². The number of aliphatic hydroxyl groups excluding tert-OH is 1. The smallest absolute Gasteiger partial charge is 0.137 e. The highest BCUT2D eigenvalue weighted by molar-refractivity contribution is 6.30. The molecule has 1 atom stereocenters. The molecule has 5 heteroatoms. The lowest BCUT2D eigenvalue weighted by molar-refractivity contribution is 0.235. The number of aliphatic hydroxyl groups is 1. The number of aromatic nitrogens is 2. The lowest BCUT2D eigenvalue weighted by Crippen LogP contribution is -2.35. The van der Waals surface area contributed by atoms with Crippen LogP contribution in [0.25, 0.3) is 0 Å². The Hall–Kier alpha value is -0.870. The van der Waals surface area contributed by atoms with E-state index < -0.39 is 0 Å². The summed E-state index contributed by atoms with van der Waals surface area (Å²) in [7, 11) is 0. The van der Waals surface area contributed by atoms with Gasteiger partial charge in [0.1, 0.15) is 16.8 Å². The molecule has 0 amide bonds. The summed E-state index contributed by atoms with van der Waals surface area (Å²) >= 11 is 6.26. The lowest BCUT2D eigenvalue weighted by Gasteiger charge is -2.32. The summed E-state index contributed by atoms with van der Waals surface area (Å²) < 4.78 is 0. The molecule has 120 valence electrons. The van der Waals surface area contributed by atoms with Crippen molar-refractivity contribution in [3.05, 3.63) is 16.5 Å². The van der Waals surface area contributed by atoms with E-state index in [2.05, 4.69) is 56.8 Å². The van der Waals surface area contributed by atoms with E-state index in [1.807, 2.05) is 6.92 Å². The van der Waals surface area contributed by atoms with Gasteiger partial charge in [0, 0.05) is 23.6 Å². The fourth-order valence-corrected chi connectivity index (χ4v) is 2.15. The number of nitrogens with one attached hydrogen (secondary N) is 1. The largest absolute Gasteiger partial charge is 0.396 e. The van der Waals surface area contributed by atoms with Crippen LogP contribution in [0.3, 0.4) is 0 Å². The van der Waals surface area contributed by atoms with E-state index >= 15 is 0 Å². The van der Waals surface area contributed by atoms with Crippen LogP contribution in [0.15, 0.2) is 0 Å². The van der Waals surface area contributed by atoms with Gasteiger partial charge in [-0.1, -0.05) is 53.1 Å². The fraction of sp³-hybridized carbons (Fsp3) is 0.750. The minimum Gasteiger partial charge on any atom is -0.396 e. The molecule has 0 aromatic carbocycles. The highest BCUT2D eigenvalue weighted by Crippen LogP contribution is 2.30. The zero-order valence-electron chi connectivity index (χ0n) is 14.2. The topological polar surface area (TPSA) is 58.0 Å². The molecule has 0 bridgehead atoms. The Bertz CT molecular complexity index is 490. The molecule has 4 nitrogen and oxygen atoms in total. The second-order valence-electron chi connectivity index (χ2n) is 7.64. The molecular formula is C16H28ClN3O. The molecule has 1 aromatic rings. The minimum absolute atomic E-state index is 0.00842. The number of anilines is 1. The van der Waals surface area contributed by atoms with Crippen molar-refractivity contribution in [1.29, 1.82) is 0 Å². The van der Waals surface area contributed by atoms with Crippen molar-refractivity contribution in [1.82, 2.24) is 9.97 Å². The van der Waals surface area contributed by atoms with Gasteiger partial charge in [-0.25, -0.2) is 9.97 Å². The quantitative estimate of drug-likeness (QED) is 0.826. The summed E-state index contributed by atoms with van der Waals surface area (Å²) in [5, 5.41) is 13.2. The van der Waals surface area contributed by atoms with Crippen molar-refractivity contribution in [3.8, 4) is 0 Å². The number of nitrogens with zero attached hydrogens (tertiary/aromatic N) is 2. The SMILES string of the molecule is Cc1c(Cl)nc(C(C)(C)C)nc1NC(CCO)C(C)(C)C. The Morgan fingerprint density at radius 1 is 1.14 bits per heavy atom. The molecule has 0 fully saturated rings. The summed E-state index contributed by atoms with van der Waals surface area (Å²) in [5.74, 6) is 1.48. The standard InChI is InChI=1S/C16H28ClN3O/c1-10-12(17)19-14(16(5,6)7)20-13(10)18-11(8-9-21)15(2,3)4/h11,21H,8-9H2,1-7H3,(H,18,19,20). The van der Waals surface area contributed by atoms with Crippen molar-refractivity contribution >= 4 is 17.4 Å². The Balaban J connectivity index is 3.20. The minimum atomic E-state index is -0.165. The van der Waals surface area contributed by atoms with Gasteiger partial charge in [0.05, 0.1) is 0 Å². The summed E-state index contributed by atoms with van der Waals surface area (Å²) in [6, 6.07) is 0.111. The Kier molecular flexibility index (Phi) is 5.62. The Morgan fingerprint density at radius 2 is 1.71 bits per heavy atom. The van der Waals surface area contributed by atoms with Gasteiger partial charge in [0.2, 0.25) is 0 Å². The van der Waals surface area contributed by atoms with E-state index in [1.165, 1.54) is 0 Å². The summed E-state index contributed by atoms with van der Waals surface area (Å²) in [4.78, 5) is 9.04. The van der Waals surface area contributed by atoms with Gasteiger partial charge in [-0.05, 0) is 18.8 Å². The lowest BCUT2D eigenvalue weighted by atomic mass is 9.85. The molecule has 21 heavy (non-hydrogen) atoms. The second kappa shape index (κ2) is 6.49. The van der Waals surface area contributed by atoms with Gasteiger partial charge in [0.25, 0.3) is 0 Å². The Labute approximate surface area is 133 Å². The third kappa shape index (κ3) is 4.82. The van der Waals surface area contributed by atoms with Crippen LogP contribution in [0.2, 0.25) is 5.15 Å². The molecule has 0 aliphatic heterocycles. The van der Waals surface area contributed by atoms with Gasteiger partial charge >= 0.3 is 0 Å². The van der Waals surface area contributed by atoms with Crippen molar-refractivity contribution < 1.29 is 5.11 Å². The van der Waals surface area contributed by atoms with Crippen LogP contribution >= 0.6 is 11.6 Å². The summed E-state index contributed by atoms with van der Waals surface area (Å²) in [6.45, 7) is 14.7. The van der Waals surface area contributed by atoms with E-state index in [0.29, 0.717) is 11.6 Å². The van der Waals surface area contributed by atoms with Crippen LogP contribution < -0.4 is 5.32 Å². The van der Waals surface area contributed by atoms with Crippen LogP contribution in [0.4, 0.5) is 5.82 Å². The van der Waals surface area contributed by atoms with Crippen LogP contribution in [-0.4, -0.2) is 27.7 Å². The first-order valence-electron chi connectivity index (χ1n) is 7.39. The molecule has 0 spiro atoms. The molecule has 0 radical (unpaired) electrons. The molecule has 0 aliphatic rings. The maximum atomic E-state index is 9.29. The van der Waals surface area contributed by atoms with Crippen molar-refractivity contribution in [3.63, 3.8) is 0 Å². The third-order valence-electron chi connectivity index (χ3n) is 3.53. The molecule has 1 heterocycles. The molecule has 2 N–H and O–H groups in total. The maximum absolute atomic E-state index is 9.29. The first kappa shape index (κ1) is 18.2. The maximum Gasteiger partial charge on any atom is 0.137 e. The highest BCUT2D eigenvalue weighted by atomic mass is 35.5. The molecular weight excluding hydrogens is 286 g/mol. The normalized spacial score (nSPS) is 14.1. The van der Waals surface area contributed by atoms with Crippen molar-refractivity contribution in [2.75, 3.05) is 11.9 Å². The first-order valence-corrected chi connectivity index (χ1v) is 7.76. The van der Waals surface area contributed by atoms with E-state index in [0.717, 1.165) is 17.2 Å². The fourth-order valence-electron chi connectivity index (χ4n) is 1.98. The van der Waals surface area contributed by atoms with Gasteiger partial charge in [-0.3, -0.25) is 0 Å². The van der Waals surface area contributed by atoms with Gasteiger partial charge in [0.15, 0.2) is 0 Å². The predicted molar refractivity (Wildman–Crippen MR) is 89.0 cm³/mol. The zero-order chi connectivity index (χ0) is 16.4. The van der Waals surface area contributed by atoms with E-state index in [-0.39, 0.29) is 23.5 Å². The highest BCUT2D eigenvalue weighted by Gasteiger charge is 2.27. The molecule has 1 unspecified atom stereocenters. The van der Waals surface area contributed by atoms with E-state index in [9.17, 15) is 5.11 Å². The summed E-state index contributed by atoms with van der Waals surface area (Å²) in [6.07, 6.45) is 0.662. The van der Waals surface area contributed by atoms with Crippen LogP contribution in [0, 0.1) is 12.3 Å². The Morgan fingerprint density at radius 3 is 2.14 bits per heavy atom. The van der Waals surface area contributed by atoms with Crippen molar-refractivity contribution in [2.24, 2.45) is 5.41 Å². The summed E-state index contributed by atoms with van der Waals surface area (Å²) in [5.41, 5.74) is 0.688. The average molecular weight is 314 g/mol. The molecule has 0 aliphatic carbocycles. The number of hydrogen-bond acceptors (Lipinski definition) is 4. The molecule has 1 rings (SSSR count). The molecule has 0 saturated carbocycles.